The van der Waals surface area contributed by atoms with E-state index < -0.39 is 18.5 Å². The number of ether oxygens (including phenoxy) is 1. The Morgan fingerprint density at radius 1 is 0.962 bits per heavy atom. The fourth-order valence-electron chi connectivity index (χ4n) is 2.29. The topological polar surface area (TPSA) is 84.5 Å². The first-order valence-corrected chi connectivity index (χ1v) is 8.29. The molecule has 6 heteroatoms. The van der Waals surface area contributed by atoms with Gasteiger partial charge in [0.1, 0.15) is 0 Å². The number of benzene rings is 2. The van der Waals surface area contributed by atoms with Gasteiger partial charge in [-0.15, -0.1) is 0 Å². The van der Waals surface area contributed by atoms with E-state index in [1.165, 1.54) is 18.6 Å². The van der Waals surface area contributed by atoms with E-state index in [0.717, 1.165) is 0 Å². The summed E-state index contributed by atoms with van der Waals surface area (Å²) in [7, 11) is 0. The minimum Gasteiger partial charge on any atom is -0.452 e. The van der Waals surface area contributed by atoms with Crippen LogP contribution in [-0.4, -0.2) is 24.4 Å². The van der Waals surface area contributed by atoms with Crippen LogP contribution in [0.25, 0.3) is 0 Å². The number of esters is 1. The summed E-state index contributed by atoms with van der Waals surface area (Å²) in [5.41, 5.74) is 2.56. The van der Waals surface area contributed by atoms with E-state index in [2.05, 4.69) is 24.5 Å². The van der Waals surface area contributed by atoms with E-state index in [4.69, 9.17) is 4.74 Å². The van der Waals surface area contributed by atoms with E-state index in [0.29, 0.717) is 17.3 Å². The van der Waals surface area contributed by atoms with Gasteiger partial charge in [0, 0.05) is 18.3 Å². The zero-order valence-electron chi connectivity index (χ0n) is 15.0. The second-order valence-electron chi connectivity index (χ2n) is 6.16. The molecule has 2 amide bonds. The third kappa shape index (κ3) is 5.73. The molecule has 0 aliphatic carbocycles. The highest BCUT2D eigenvalue weighted by atomic mass is 16.5. The standard InChI is InChI=1S/C20H22N2O4/c1-13(2)15-7-9-17(10-8-15)22-19(24)12-26-20(25)16-5-4-6-18(11-16)21-14(3)23/h4-11,13H,12H2,1-3H3,(H,21,23)(H,22,24). The van der Waals surface area contributed by atoms with Crippen molar-refractivity contribution >= 4 is 29.2 Å². The molecule has 0 aliphatic heterocycles. The molecule has 0 atom stereocenters. The van der Waals surface area contributed by atoms with E-state index in [1.54, 1.807) is 18.2 Å². The molecule has 2 aromatic rings. The Morgan fingerprint density at radius 3 is 2.27 bits per heavy atom. The summed E-state index contributed by atoms with van der Waals surface area (Å²) in [6.45, 7) is 5.17. The van der Waals surface area contributed by atoms with Gasteiger partial charge in [-0.1, -0.05) is 32.0 Å². The largest absolute Gasteiger partial charge is 0.452 e. The van der Waals surface area contributed by atoms with E-state index in [9.17, 15) is 14.4 Å². The van der Waals surface area contributed by atoms with Crippen LogP contribution in [0.3, 0.4) is 0 Å². The van der Waals surface area contributed by atoms with Gasteiger partial charge in [-0.3, -0.25) is 9.59 Å². The molecule has 0 saturated heterocycles. The maximum absolute atomic E-state index is 12.0. The predicted molar refractivity (Wildman–Crippen MR) is 100 cm³/mol. The van der Waals surface area contributed by atoms with Crippen LogP contribution in [0.1, 0.15) is 42.6 Å². The molecule has 0 fully saturated rings. The van der Waals surface area contributed by atoms with Gasteiger partial charge in [0.2, 0.25) is 5.91 Å². The summed E-state index contributed by atoms with van der Waals surface area (Å²) >= 11 is 0. The maximum Gasteiger partial charge on any atom is 0.338 e. The Labute approximate surface area is 152 Å². The van der Waals surface area contributed by atoms with Crippen LogP contribution in [0.15, 0.2) is 48.5 Å². The molecular formula is C20H22N2O4. The van der Waals surface area contributed by atoms with Crippen molar-refractivity contribution < 1.29 is 19.1 Å². The zero-order chi connectivity index (χ0) is 19.1. The molecule has 2 aromatic carbocycles. The van der Waals surface area contributed by atoms with E-state index >= 15 is 0 Å². The van der Waals surface area contributed by atoms with Crippen molar-refractivity contribution in [3.8, 4) is 0 Å². The van der Waals surface area contributed by atoms with Crippen LogP contribution in [0, 0.1) is 0 Å². The predicted octanol–water partition coefficient (Wildman–Crippen LogP) is 3.56. The molecule has 0 aliphatic rings. The smallest absolute Gasteiger partial charge is 0.338 e. The van der Waals surface area contributed by atoms with Crippen molar-refractivity contribution in [2.45, 2.75) is 26.7 Å². The molecule has 6 nitrogen and oxygen atoms in total. The number of hydrogen-bond donors (Lipinski definition) is 2. The molecule has 0 spiro atoms. The highest BCUT2D eigenvalue weighted by Gasteiger charge is 2.11. The van der Waals surface area contributed by atoms with Crippen LogP contribution in [0.5, 0.6) is 0 Å². The summed E-state index contributed by atoms with van der Waals surface area (Å²) < 4.78 is 5.02. The van der Waals surface area contributed by atoms with Crippen molar-refractivity contribution in [1.82, 2.24) is 0 Å². The van der Waals surface area contributed by atoms with Crippen molar-refractivity contribution in [2.75, 3.05) is 17.2 Å². The number of anilines is 2. The van der Waals surface area contributed by atoms with Gasteiger partial charge in [0.05, 0.1) is 5.56 Å². The molecule has 2 N–H and O–H groups in total. The second-order valence-corrected chi connectivity index (χ2v) is 6.16. The molecule has 0 unspecified atom stereocenters. The van der Waals surface area contributed by atoms with Crippen molar-refractivity contribution in [1.29, 1.82) is 0 Å². The first-order chi connectivity index (χ1) is 12.3. The zero-order valence-corrected chi connectivity index (χ0v) is 15.0. The fraction of sp³-hybridized carbons (Fsp3) is 0.250. The lowest BCUT2D eigenvalue weighted by Gasteiger charge is -2.09. The molecule has 0 radical (unpaired) electrons. The Hall–Kier alpha value is -3.15. The molecule has 0 saturated carbocycles. The quantitative estimate of drug-likeness (QED) is 0.777. The Kier molecular flexibility index (Phi) is 6.49. The Bertz CT molecular complexity index is 798. The number of nitrogens with one attached hydrogen (secondary N) is 2. The summed E-state index contributed by atoms with van der Waals surface area (Å²) in [6, 6.07) is 13.8. The third-order valence-electron chi connectivity index (χ3n) is 3.61. The van der Waals surface area contributed by atoms with Crippen LogP contribution in [0.4, 0.5) is 11.4 Å². The summed E-state index contributed by atoms with van der Waals surface area (Å²) in [4.78, 5) is 35.0. The van der Waals surface area contributed by atoms with Gasteiger partial charge in [-0.25, -0.2) is 4.79 Å². The second kappa shape index (κ2) is 8.80. The van der Waals surface area contributed by atoms with Gasteiger partial charge >= 0.3 is 5.97 Å². The van der Waals surface area contributed by atoms with E-state index in [1.807, 2.05) is 24.3 Å². The van der Waals surface area contributed by atoms with Gasteiger partial charge < -0.3 is 15.4 Å². The molecule has 0 aromatic heterocycles. The average molecular weight is 354 g/mol. The van der Waals surface area contributed by atoms with Crippen molar-refractivity contribution in [3.05, 3.63) is 59.7 Å². The fourth-order valence-corrected chi connectivity index (χ4v) is 2.29. The number of hydrogen-bond acceptors (Lipinski definition) is 4. The lowest BCUT2D eigenvalue weighted by molar-refractivity contribution is -0.119. The van der Waals surface area contributed by atoms with Gasteiger partial charge in [0.15, 0.2) is 6.61 Å². The molecule has 26 heavy (non-hydrogen) atoms. The third-order valence-corrected chi connectivity index (χ3v) is 3.61. The minimum atomic E-state index is -0.637. The average Bonchev–Trinajstić information content (AvgIpc) is 2.59. The van der Waals surface area contributed by atoms with Gasteiger partial charge in [-0.05, 0) is 41.8 Å². The van der Waals surface area contributed by atoms with Crippen molar-refractivity contribution in [2.24, 2.45) is 0 Å². The number of rotatable bonds is 6. The molecule has 0 heterocycles. The SMILES string of the molecule is CC(=O)Nc1cccc(C(=O)OCC(=O)Nc2ccc(C(C)C)cc2)c1. The lowest BCUT2D eigenvalue weighted by atomic mass is 10.0. The maximum atomic E-state index is 12.0. The molecule has 2 rings (SSSR count). The monoisotopic (exact) mass is 354 g/mol. The highest BCUT2D eigenvalue weighted by molar-refractivity contribution is 5.96. The lowest BCUT2D eigenvalue weighted by Crippen LogP contribution is -2.21. The number of carbonyl (C=O) groups is 3. The molecular weight excluding hydrogens is 332 g/mol. The van der Waals surface area contributed by atoms with E-state index in [-0.39, 0.29) is 11.5 Å². The Balaban J connectivity index is 1.88. The summed E-state index contributed by atoms with van der Waals surface area (Å²) in [5, 5.41) is 5.26. The van der Waals surface area contributed by atoms with Crippen LogP contribution in [-0.2, 0) is 14.3 Å². The normalized spacial score (nSPS) is 10.3. The number of carbonyl (C=O) groups excluding carboxylic acids is 3. The molecule has 0 bridgehead atoms. The van der Waals surface area contributed by atoms with Crippen LogP contribution in [0.2, 0.25) is 0 Å². The molecule has 136 valence electrons. The number of amides is 2. The van der Waals surface area contributed by atoms with Crippen LogP contribution < -0.4 is 10.6 Å². The Morgan fingerprint density at radius 2 is 1.65 bits per heavy atom. The first kappa shape index (κ1) is 19.2. The van der Waals surface area contributed by atoms with Gasteiger partial charge in [-0.2, -0.15) is 0 Å². The van der Waals surface area contributed by atoms with Crippen LogP contribution >= 0.6 is 0 Å². The first-order valence-electron chi connectivity index (χ1n) is 8.29. The van der Waals surface area contributed by atoms with Crippen molar-refractivity contribution in [3.63, 3.8) is 0 Å². The summed E-state index contributed by atoms with van der Waals surface area (Å²) in [6.07, 6.45) is 0. The van der Waals surface area contributed by atoms with Gasteiger partial charge in [0.25, 0.3) is 5.91 Å². The summed E-state index contributed by atoms with van der Waals surface area (Å²) in [5.74, 6) is -0.886. The minimum absolute atomic E-state index is 0.238. The highest BCUT2D eigenvalue weighted by Crippen LogP contribution is 2.17.